The highest BCUT2D eigenvalue weighted by Gasteiger charge is 2.21. The molecule has 0 bridgehead atoms. The summed E-state index contributed by atoms with van der Waals surface area (Å²) in [5, 5.41) is 8.21. The first kappa shape index (κ1) is 22.6. The molecule has 1 unspecified atom stereocenters. The number of hydrogen-bond donors (Lipinski definition) is 2. The highest BCUT2D eigenvalue weighted by Crippen LogP contribution is 2.30. The third-order valence-corrected chi connectivity index (χ3v) is 7.41. The summed E-state index contributed by atoms with van der Waals surface area (Å²) in [6.45, 7) is 1.87. The van der Waals surface area contributed by atoms with Crippen molar-refractivity contribution in [3.8, 4) is 11.3 Å². The molecule has 1 atom stereocenters. The van der Waals surface area contributed by atoms with Crippen molar-refractivity contribution in [1.29, 1.82) is 0 Å². The average molecular weight is 466 g/mol. The molecule has 166 valence electrons. The van der Waals surface area contributed by atoms with Gasteiger partial charge < -0.3 is 10.6 Å². The van der Waals surface area contributed by atoms with Crippen LogP contribution in [-0.4, -0.2) is 22.0 Å². The number of carbonyl (C=O) groups excluding carboxylic acids is 2. The largest absolute Gasteiger partial charge is 0.326 e. The summed E-state index contributed by atoms with van der Waals surface area (Å²) < 4.78 is 0. The molecular weight excluding hydrogens is 438 g/mol. The van der Waals surface area contributed by atoms with E-state index in [-0.39, 0.29) is 23.0 Å². The molecule has 1 fully saturated rings. The van der Waals surface area contributed by atoms with Crippen LogP contribution < -0.4 is 10.6 Å². The van der Waals surface area contributed by atoms with Crippen LogP contribution in [0.5, 0.6) is 0 Å². The second-order valence-corrected chi connectivity index (χ2v) is 10.3. The second kappa shape index (κ2) is 10.8. The predicted octanol–water partition coefficient (Wildman–Crippen LogP) is 6.45. The van der Waals surface area contributed by atoms with Crippen molar-refractivity contribution in [1.82, 2.24) is 4.98 Å². The fraction of sp³-hybridized carbons (Fsp3) is 0.320. The number of nitrogens with zero attached hydrogens (tertiary/aromatic N) is 1. The number of carbonyl (C=O) groups is 2. The maximum Gasteiger partial charge on any atom is 0.239 e. The van der Waals surface area contributed by atoms with Crippen molar-refractivity contribution >= 4 is 45.7 Å². The van der Waals surface area contributed by atoms with E-state index in [1.165, 1.54) is 29.5 Å². The first-order chi connectivity index (χ1) is 15.6. The van der Waals surface area contributed by atoms with Crippen LogP contribution in [0, 0.1) is 5.92 Å². The van der Waals surface area contributed by atoms with Crippen LogP contribution in [0.4, 0.5) is 10.8 Å². The van der Waals surface area contributed by atoms with Gasteiger partial charge in [-0.05, 0) is 38.0 Å². The van der Waals surface area contributed by atoms with Gasteiger partial charge in [-0.25, -0.2) is 4.98 Å². The molecule has 1 aliphatic rings. The van der Waals surface area contributed by atoms with Crippen LogP contribution in [0.2, 0.25) is 0 Å². The Hall–Kier alpha value is -2.64. The van der Waals surface area contributed by atoms with Gasteiger partial charge in [0, 0.05) is 27.4 Å². The highest BCUT2D eigenvalue weighted by atomic mass is 32.2. The molecule has 7 heteroatoms. The summed E-state index contributed by atoms with van der Waals surface area (Å²) in [6, 6.07) is 17.6. The number of thioether (sulfide) groups is 1. The van der Waals surface area contributed by atoms with Crippen molar-refractivity contribution in [2.75, 3.05) is 10.6 Å². The highest BCUT2D eigenvalue weighted by molar-refractivity contribution is 8.00. The summed E-state index contributed by atoms with van der Waals surface area (Å²) in [7, 11) is 0. The maximum atomic E-state index is 12.7. The number of anilines is 2. The number of benzene rings is 2. The molecule has 5 nitrogen and oxygen atoms in total. The predicted molar refractivity (Wildman–Crippen MR) is 133 cm³/mol. The zero-order chi connectivity index (χ0) is 22.3. The van der Waals surface area contributed by atoms with Crippen molar-refractivity contribution in [2.24, 2.45) is 5.92 Å². The lowest BCUT2D eigenvalue weighted by molar-refractivity contribution is -0.120. The Morgan fingerprint density at radius 3 is 2.59 bits per heavy atom. The summed E-state index contributed by atoms with van der Waals surface area (Å²) >= 11 is 2.88. The molecule has 3 aromatic rings. The number of nitrogens with one attached hydrogen (secondary N) is 2. The Bertz CT molecular complexity index is 1060. The Kier molecular flexibility index (Phi) is 7.60. The molecular formula is C25H27N3O2S2. The van der Waals surface area contributed by atoms with Crippen molar-refractivity contribution in [2.45, 2.75) is 49.2 Å². The van der Waals surface area contributed by atoms with E-state index in [1.807, 2.05) is 66.9 Å². The fourth-order valence-corrected chi connectivity index (χ4v) is 5.44. The zero-order valence-corrected chi connectivity index (χ0v) is 19.7. The minimum absolute atomic E-state index is 0.0967. The zero-order valence-electron chi connectivity index (χ0n) is 18.0. The van der Waals surface area contributed by atoms with Gasteiger partial charge in [-0.1, -0.05) is 55.7 Å². The van der Waals surface area contributed by atoms with E-state index in [0.29, 0.717) is 5.13 Å². The topological polar surface area (TPSA) is 71.1 Å². The molecule has 1 saturated carbocycles. The Morgan fingerprint density at radius 1 is 1.03 bits per heavy atom. The molecule has 1 heterocycles. The number of thiazole rings is 1. The molecule has 2 N–H and O–H groups in total. The quantitative estimate of drug-likeness (QED) is 0.394. The number of rotatable bonds is 7. The second-order valence-electron chi connectivity index (χ2n) is 8.01. The van der Waals surface area contributed by atoms with Gasteiger partial charge in [0.25, 0.3) is 0 Å². The van der Waals surface area contributed by atoms with Gasteiger partial charge in [-0.15, -0.1) is 23.1 Å². The van der Waals surface area contributed by atoms with E-state index >= 15 is 0 Å². The van der Waals surface area contributed by atoms with Crippen LogP contribution in [0.25, 0.3) is 11.3 Å². The normalized spacial score (nSPS) is 15.2. The molecule has 0 aliphatic heterocycles. The van der Waals surface area contributed by atoms with E-state index in [2.05, 4.69) is 15.6 Å². The van der Waals surface area contributed by atoms with Gasteiger partial charge in [0.15, 0.2) is 5.13 Å². The number of aromatic nitrogens is 1. The third-order valence-electron chi connectivity index (χ3n) is 5.56. The van der Waals surface area contributed by atoms with Gasteiger partial charge in [-0.3, -0.25) is 9.59 Å². The lowest BCUT2D eigenvalue weighted by Gasteiger charge is -2.21. The van der Waals surface area contributed by atoms with E-state index in [9.17, 15) is 9.59 Å². The molecule has 0 saturated heterocycles. The van der Waals surface area contributed by atoms with Crippen molar-refractivity contribution in [3.05, 3.63) is 60.0 Å². The van der Waals surface area contributed by atoms with Gasteiger partial charge >= 0.3 is 0 Å². The van der Waals surface area contributed by atoms with E-state index in [0.717, 1.165) is 47.5 Å². The molecule has 0 radical (unpaired) electrons. The lowest BCUT2D eigenvalue weighted by atomic mass is 9.88. The minimum atomic E-state index is -0.302. The first-order valence-corrected chi connectivity index (χ1v) is 12.7. The molecule has 1 aromatic heterocycles. The molecule has 1 aliphatic carbocycles. The summed E-state index contributed by atoms with van der Waals surface area (Å²) in [4.78, 5) is 30.7. The summed E-state index contributed by atoms with van der Waals surface area (Å²) in [6.07, 6.45) is 5.43. The van der Waals surface area contributed by atoms with Gasteiger partial charge in [-0.2, -0.15) is 0 Å². The maximum absolute atomic E-state index is 12.7. The van der Waals surface area contributed by atoms with Gasteiger partial charge in [0.1, 0.15) is 0 Å². The number of hydrogen-bond acceptors (Lipinski definition) is 5. The SMILES string of the molecule is CC(Sc1cccc(NC(=O)C2CCCCC2)c1)C(=O)Nc1nc(-c2ccccc2)cs1. The monoisotopic (exact) mass is 465 g/mol. The lowest BCUT2D eigenvalue weighted by Crippen LogP contribution is -2.24. The molecule has 2 aromatic carbocycles. The minimum Gasteiger partial charge on any atom is -0.326 e. The Morgan fingerprint density at radius 2 is 1.81 bits per heavy atom. The van der Waals surface area contributed by atoms with Crippen molar-refractivity contribution < 1.29 is 9.59 Å². The van der Waals surface area contributed by atoms with E-state index in [1.54, 1.807) is 0 Å². The molecule has 4 rings (SSSR count). The number of amides is 2. The molecule has 32 heavy (non-hydrogen) atoms. The first-order valence-electron chi connectivity index (χ1n) is 11.0. The third kappa shape index (κ3) is 5.99. The van der Waals surface area contributed by atoms with Crippen molar-refractivity contribution in [3.63, 3.8) is 0 Å². The van der Waals surface area contributed by atoms with Crippen LogP contribution in [0.1, 0.15) is 39.0 Å². The van der Waals surface area contributed by atoms with Crippen LogP contribution in [0.15, 0.2) is 64.9 Å². The summed E-state index contributed by atoms with van der Waals surface area (Å²) in [5.74, 6) is 0.125. The molecule has 0 spiro atoms. The average Bonchev–Trinajstić information content (AvgIpc) is 3.29. The Balaban J connectivity index is 1.33. The van der Waals surface area contributed by atoms with E-state index in [4.69, 9.17) is 0 Å². The van der Waals surface area contributed by atoms with Gasteiger partial charge in [0.05, 0.1) is 10.9 Å². The van der Waals surface area contributed by atoms with Crippen LogP contribution in [-0.2, 0) is 9.59 Å². The molecule has 2 amide bonds. The van der Waals surface area contributed by atoms with Gasteiger partial charge in [0.2, 0.25) is 11.8 Å². The van der Waals surface area contributed by atoms with Crippen LogP contribution in [0.3, 0.4) is 0 Å². The van der Waals surface area contributed by atoms with E-state index < -0.39 is 0 Å². The fourth-order valence-electron chi connectivity index (χ4n) is 3.79. The summed E-state index contributed by atoms with van der Waals surface area (Å²) in [5.41, 5.74) is 2.66. The van der Waals surface area contributed by atoms with Crippen LogP contribution >= 0.6 is 23.1 Å². The Labute approximate surface area is 197 Å². The standard InChI is InChI=1S/C25H27N3O2S2/c1-17(23(29)28-25-27-22(16-31-25)18-9-4-2-5-10-18)32-21-14-8-13-20(15-21)26-24(30)19-11-6-3-7-12-19/h2,4-5,8-10,13-17,19H,3,6-7,11-12H2,1H3,(H,26,30)(H,27,28,29). The smallest absolute Gasteiger partial charge is 0.239 e.